The first-order valence-corrected chi connectivity index (χ1v) is 14.2. The molecule has 5 aromatic rings. The fourth-order valence-corrected chi connectivity index (χ4v) is 6.39. The average Bonchev–Trinajstić information content (AvgIpc) is 3.54. The Bertz CT molecular complexity index is 1510. The van der Waals surface area contributed by atoms with Gasteiger partial charge in [0.2, 0.25) is 5.95 Å². The van der Waals surface area contributed by atoms with Crippen LogP contribution in [-0.4, -0.2) is 63.2 Å². The van der Waals surface area contributed by atoms with Crippen LogP contribution in [0.1, 0.15) is 15.6 Å². The summed E-state index contributed by atoms with van der Waals surface area (Å²) in [6.07, 6.45) is 3.55. The second-order valence-electron chi connectivity index (χ2n) is 9.24. The predicted molar refractivity (Wildman–Crippen MR) is 153 cm³/mol. The van der Waals surface area contributed by atoms with Gasteiger partial charge in [-0.25, -0.2) is 24.9 Å². The van der Waals surface area contributed by atoms with E-state index >= 15 is 0 Å². The third-order valence-corrected chi connectivity index (χ3v) is 8.21. The van der Waals surface area contributed by atoms with Gasteiger partial charge in [-0.2, -0.15) is 0 Å². The van der Waals surface area contributed by atoms with Crippen molar-refractivity contribution >= 4 is 50.3 Å². The van der Waals surface area contributed by atoms with Gasteiger partial charge in [-0.1, -0.05) is 18.2 Å². The minimum absolute atomic E-state index is 0.533. The summed E-state index contributed by atoms with van der Waals surface area (Å²) in [5, 5.41) is 6.45. The number of nitrogens with zero attached hydrogens (tertiary/aromatic N) is 7. The highest BCUT2D eigenvalue weighted by atomic mass is 32.1. The molecule has 5 heterocycles. The van der Waals surface area contributed by atoms with Crippen LogP contribution in [0.2, 0.25) is 0 Å². The molecular formula is C27H28N8OS2. The van der Waals surface area contributed by atoms with Gasteiger partial charge in [-0.3, -0.25) is 4.90 Å². The number of fused-ring (bicyclic) bond motifs is 1. The highest BCUT2D eigenvalue weighted by Crippen LogP contribution is 2.35. The van der Waals surface area contributed by atoms with E-state index in [4.69, 9.17) is 14.7 Å². The van der Waals surface area contributed by atoms with Crippen molar-refractivity contribution in [3.05, 3.63) is 69.8 Å². The number of thiophene rings is 1. The van der Waals surface area contributed by atoms with Crippen molar-refractivity contribution in [1.82, 2.24) is 29.8 Å². The molecule has 0 amide bonds. The largest absolute Gasteiger partial charge is 0.378 e. The fraction of sp³-hybridized carbons (Fsp3) is 0.296. The van der Waals surface area contributed by atoms with E-state index < -0.39 is 0 Å². The molecule has 0 saturated carbocycles. The van der Waals surface area contributed by atoms with Gasteiger partial charge < -0.3 is 15.0 Å². The van der Waals surface area contributed by atoms with Crippen molar-refractivity contribution in [2.75, 3.05) is 43.6 Å². The van der Waals surface area contributed by atoms with Crippen LogP contribution in [0.3, 0.4) is 0 Å². The van der Waals surface area contributed by atoms with Gasteiger partial charge in [0, 0.05) is 53.7 Å². The molecule has 1 aliphatic heterocycles. The van der Waals surface area contributed by atoms with E-state index in [9.17, 15) is 0 Å². The maximum absolute atomic E-state index is 5.61. The van der Waals surface area contributed by atoms with Gasteiger partial charge in [0.05, 0.1) is 35.5 Å². The van der Waals surface area contributed by atoms with Crippen molar-refractivity contribution in [2.45, 2.75) is 20.0 Å². The minimum Gasteiger partial charge on any atom is -0.378 e. The summed E-state index contributed by atoms with van der Waals surface area (Å²) in [7, 11) is 2.13. The summed E-state index contributed by atoms with van der Waals surface area (Å²) in [4.78, 5) is 29.4. The third kappa shape index (κ3) is 5.65. The smallest absolute Gasteiger partial charge is 0.227 e. The molecule has 1 aliphatic rings. The lowest BCUT2D eigenvalue weighted by atomic mass is 10.3. The maximum atomic E-state index is 5.61. The van der Waals surface area contributed by atoms with Crippen molar-refractivity contribution in [2.24, 2.45) is 0 Å². The van der Waals surface area contributed by atoms with Crippen LogP contribution < -0.4 is 10.2 Å². The number of benzene rings is 1. The Balaban J connectivity index is 1.29. The highest BCUT2D eigenvalue weighted by Gasteiger charge is 2.21. The number of aryl methyl sites for hydroxylation is 1. The molecule has 38 heavy (non-hydrogen) atoms. The summed E-state index contributed by atoms with van der Waals surface area (Å²) in [6.45, 7) is 6.67. The van der Waals surface area contributed by atoms with Crippen molar-refractivity contribution in [1.29, 1.82) is 0 Å². The molecule has 11 heteroatoms. The molecule has 1 N–H and O–H groups in total. The molecule has 1 aromatic carbocycles. The molecule has 4 aromatic heterocycles. The van der Waals surface area contributed by atoms with E-state index in [2.05, 4.69) is 48.6 Å². The lowest BCUT2D eigenvalue weighted by molar-refractivity contribution is 0.122. The Hall–Kier alpha value is -3.51. The summed E-state index contributed by atoms with van der Waals surface area (Å²) in [5.74, 6) is 2.11. The van der Waals surface area contributed by atoms with Crippen molar-refractivity contribution < 1.29 is 4.74 Å². The molecule has 0 spiro atoms. The molecule has 6 rings (SSSR count). The molecule has 194 valence electrons. The number of aromatic nitrogens is 5. The van der Waals surface area contributed by atoms with Crippen LogP contribution in [-0.2, 0) is 17.8 Å². The highest BCUT2D eigenvalue weighted by molar-refractivity contribution is 7.19. The number of hydrogen-bond acceptors (Lipinski definition) is 11. The lowest BCUT2D eigenvalue weighted by Gasteiger charge is -2.28. The van der Waals surface area contributed by atoms with E-state index in [0.29, 0.717) is 25.0 Å². The first kappa shape index (κ1) is 24.8. The van der Waals surface area contributed by atoms with Crippen LogP contribution >= 0.6 is 22.7 Å². The van der Waals surface area contributed by atoms with Crippen molar-refractivity contribution in [3.8, 4) is 11.4 Å². The van der Waals surface area contributed by atoms with Gasteiger partial charge in [-0.05, 0) is 32.2 Å². The summed E-state index contributed by atoms with van der Waals surface area (Å²) >= 11 is 3.47. The van der Waals surface area contributed by atoms with Crippen LogP contribution in [0.5, 0.6) is 0 Å². The number of para-hydroxylation sites is 1. The second-order valence-corrected chi connectivity index (χ2v) is 11.3. The Morgan fingerprint density at radius 2 is 1.82 bits per heavy atom. The zero-order valence-corrected chi connectivity index (χ0v) is 22.9. The van der Waals surface area contributed by atoms with Crippen LogP contribution in [0.4, 0.5) is 17.5 Å². The minimum atomic E-state index is 0.533. The number of ether oxygens (including phenoxy) is 1. The summed E-state index contributed by atoms with van der Waals surface area (Å²) in [5.41, 5.74) is 3.74. The molecule has 1 saturated heterocycles. The summed E-state index contributed by atoms with van der Waals surface area (Å²) < 4.78 is 6.71. The van der Waals surface area contributed by atoms with Gasteiger partial charge in [-0.15, -0.1) is 22.7 Å². The van der Waals surface area contributed by atoms with Crippen LogP contribution in [0, 0.1) is 6.92 Å². The third-order valence-electron chi connectivity index (χ3n) is 6.15. The quantitative estimate of drug-likeness (QED) is 0.286. The Kier molecular flexibility index (Phi) is 7.23. The lowest BCUT2D eigenvalue weighted by Crippen LogP contribution is -2.36. The van der Waals surface area contributed by atoms with Gasteiger partial charge in [0.15, 0.2) is 11.6 Å². The van der Waals surface area contributed by atoms with Gasteiger partial charge >= 0.3 is 0 Å². The predicted octanol–water partition coefficient (Wildman–Crippen LogP) is 5.13. The fourth-order valence-electron chi connectivity index (χ4n) is 4.35. The first-order chi connectivity index (χ1) is 18.6. The molecular weight excluding hydrogens is 516 g/mol. The average molecular weight is 545 g/mol. The topological polar surface area (TPSA) is 92.2 Å². The van der Waals surface area contributed by atoms with E-state index in [-0.39, 0.29) is 0 Å². The summed E-state index contributed by atoms with van der Waals surface area (Å²) in [6, 6.07) is 12.1. The SMILES string of the molecule is Cc1csc(CN(C)Cc2cc3nc(-c4cnc(Nc5ccccc5)nc4)nc(N4CCOCC4)c3s2)n1. The van der Waals surface area contributed by atoms with E-state index in [1.807, 2.05) is 37.3 Å². The van der Waals surface area contributed by atoms with Crippen molar-refractivity contribution in [3.63, 3.8) is 0 Å². The van der Waals surface area contributed by atoms with E-state index in [1.165, 1.54) is 4.88 Å². The number of hydrogen-bond donors (Lipinski definition) is 1. The van der Waals surface area contributed by atoms with E-state index in [1.54, 1.807) is 35.1 Å². The maximum Gasteiger partial charge on any atom is 0.227 e. The number of thiazole rings is 1. The Morgan fingerprint density at radius 3 is 2.55 bits per heavy atom. The standard InChI is InChI=1S/C27H28N8OS2/c1-18-17-37-23(30-18)16-34(2)15-21-12-22-24(38-21)26(35-8-10-36-11-9-35)33-25(32-22)19-13-28-27(29-14-19)31-20-6-4-3-5-7-20/h3-7,12-14,17H,8-11,15-16H2,1-2H3,(H,28,29,31). The first-order valence-electron chi connectivity index (χ1n) is 12.5. The van der Waals surface area contributed by atoms with Crippen LogP contribution in [0.25, 0.3) is 21.6 Å². The zero-order valence-electron chi connectivity index (χ0n) is 21.3. The normalized spacial score (nSPS) is 13.9. The molecule has 0 bridgehead atoms. The molecule has 0 radical (unpaired) electrons. The second kappa shape index (κ2) is 11.1. The molecule has 0 atom stereocenters. The van der Waals surface area contributed by atoms with Gasteiger partial charge in [0.1, 0.15) is 5.01 Å². The zero-order chi connectivity index (χ0) is 25.9. The molecule has 9 nitrogen and oxygen atoms in total. The number of rotatable bonds is 8. The molecule has 0 unspecified atom stereocenters. The Morgan fingerprint density at radius 1 is 1.03 bits per heavy atom. The number of nitrogens with one attached hydrogen (secondary N) is 1. The molecule has 1 fully saturated rings. The number of morpholine rings is 1. The monoisotopic (exact) mass is 544 g/mol. The van der Waals surface area contributed by atoms with E-state index in [0.717, 1.165) is 64.2 Å². The van der Waals surface area contributed by atoms with Crippen LogP contribution in [0.15, 0.2) is 54.2 Å². The molecule has 0 aliphatic carbocycles. The Labute approximate surface area is 229 Å². The number of anilines is 3. The van der Waals surface area contributed by atoms with Gasteiger partial charge in [0.25, 0.3) is 0 Å².